The number of hydrogen-bond acceptors (Lipinski definition) is 4. The molecule has 0 bridgehead atoms. The summed E-state index contributed by atoms with van der Waals surface area (Å²) in [4.78, 5) is 17.1. The summed E-state index contributed by atoms with van der Waals surface area (Å²) in [6, 6.07) is 10.2. The molecule has 1 aliphatic rings. The minimum atomic E-state index is -0.227. The largest absolute Gasteiger partial charge is 0.619 e. The second kappa shape index (κ2) is 10.3. The van der Waals surface area contributed by atoms with Crippen molar-refractivity contribution in [1.29, 1.82) is 0 Å². The molecule has 4 rings (SSSR count). The number of carbonyl (C=O) groups excluding carboxylic acids is 1. The maximum absolute atomic E-state index is 13.5. The van der Waals surface area contributed by atoms with Crippen LogP contribution >= 0.6 is 0 Å². The molecule has 2 aromatic heterocycles. The predicted octanol–water partition coefficient (Wildman–Crippen LogP) is 3.10. The Morgan fingerprint density at radius 2 is 1.85 bits per heavy atom. The summed E-state index contributed by atoms with van der Waals surface area (Å²) in [5.41, 5.74) is 3.87. The van der Waals surface area contributed by atoms with Crippen molar-refractivity contribution in [3.05, 3.63) is 88.4 Å². The lowest BCUT2D eigenvalue weighted by atomic mass is 9.84. The normalized spacial score (nSPS) is 15.6. The van der Waals surface area contributed by atoms with Gasteiger partial charge in [-0.05, 0) is 56.8 Å². The molecular formula is C26H32FN5O2. The molecule has 1 aromatic carbocycles. The highest BCUT2D eigenvalue weighted by atomic mass is 19.1. The molecule has 180 valence electrons. The van der Waals surface area contributed by atoms with Crippen LogP contribution in [0.5, 0.6) is 0 Å². The van der Waals surface area contributed by atoms with Crippen LogP contribution in [0.3, 0.4) is 0 Å². The number of rotatable bonds is 7. The summed E-state index contributed by atoms with van der Waals surface area (Å²) in [6.07, 6.45) is 7.37. The van der Waals surface area contributed by atoms with Gasteiger partial charge in [0.25, 0.3) is 5.91 Å². The van der Waals surface area contributed by atoms with E-state index in [0.717, 1.165) is 37.1 Å². The summed E-state index contributed by atoms with van der Waals surface area (Å²) in [7, 11) is 4.07. The molecule has 1 aliphatic heterocycles. The van der Waals surface area contributed by atoms with Crippen molar-refractivity contribution >= 4 is 5.91 Å². The lowest BCUT2D eigenvalue weighted by Gasteiger charge is -2.40. The van der Waals surface area contributed by atoms with E-state index in [0.29, 0.717) is 29.3 Å². The van der Waals surface area contributed by atoms with Gasteiger partial charge in [-0.3, -0.25) is 14.4 Å². The molecule has 1 amide bonds. The van der Waals surface area contributed by atoms with Crippen LogP contribution < -0.4 is 4.73 Å². The third-order valence-electron chi connectivity index (χ3n) is 6.88. The minimum absolute atomic E-state index is 0.0338. The molecule has 1 saturated heterocycles. The Labute approximate surface area is 200 Å². The standard InChI is InChI=1S/C26H32FN5O2/c1-19-23(18-30(3)28-19)17-29(2)25(16-20-4-6-24(27)7-5-20)21-8-12-31(13-9-21)26(33)22-10-14-32(34)15-11-22/h4-7,10-11,14-15,18,21,25H,8-9,12-13,16-17H2,1-3H3/t25-/m0/s1. The Bertz CT molecular complexity index is 1110. The van der Waals surface area contributed by atoms with E-state index >= 15 is 0 Å². The van der Waals surface area contributed by atoms with E-state index in [1.165, 1.54) is 30.1 Å². The highest BCUT2D eigenvalue weighted by molar-refractivity contribution is 5.94. The Morgan fingerprint density at radius 1 is 1.21 bits per heavy atom. The quantitative estimate of drug-likeness (QED) is 0.397. The van der Waals surface area contributed by atoms with E-state index in [1.54, 1.807) is 12.1 Å². The average molecular weight is 466 g/mol. The molecule has 0 unspecified atom stereocenters. The van der Waals surface area contributed by atoms with Crippen molar-refractivity contribution in [2.24, 2.45) is 13.0 Å². The van der Waals surface area contributed by atoms with Crippen molar-refractivity contribution in [3.8, 4) is 0 Å². The first-order valence-corrected chi connectivity index (χ1v) is 11.7. The van der Waals surface area contributed by atoms with Crippen LogP contribution in [0.25, 0.3) is 0 Å². The van der Waals surface area contributed by atoms with Crippen LogP contribution in [0.4, 0.5) is 4.39 Å². The predicted molar refractivity (Wildman–Crippen MR) is 127 cm³/mol. The maximum atomic E-state index is 13.5. The molecule has 1 atom stereocenters. The number of hydrogen-bond donors (Lipinski definition) is 0. The Balaban J connectivity index is 1.47. The second-order valence-electron chi connectivity index (χ2n) is 9.30. The zero-order valence-electron chi connectivity index (χ0n) is 20.0. The van der Waals surface area contributed by atoms with Crippen LogP contribution in [0, 0.1) is 23.9 Å². The number of pyridine rings is 1. The minimum Gasteiger partial charge on any atom is -0.619 e. The van der Waals surface area contributed by atoms with Crippen LogP contribution in [0.15, 0.2) is 55.0 Å². The highest BCUT2D eigenvalue weighted by Crippen LogP contribution is 2.28. The molecule has 0 saturated carbocycles. The van der Waals surface area contributed by atoms with Crippen molar-refractivity contribution < 1.29 is 13.9 Å². The summed E-state index contributed by atoms with van der Waals surface area (Å²) >= 11 is 0. The molecule has 0 spiro atoms. The van der Waals surface area contributed by atoms with E-state index in [4.69, 9.17) is 0 Å². The van der Waals surface area contributed by atoms with Gasteiger partial charge in [-0.25, -0.2) is 4.39 Å². The second-order valence-corrected chi connectivity index (χ2v) is 9.30. The lowest BCUT2D eigenvalue weighted by molar-refractivity contribution is -0.605. The first-order valence-electron chi connectivity index (χ1n) is 11.7. The number of piperidine rings is 1. The zero-order valence-corrected chi connectivity index (χ0v) is 20.0. The maximum Gasteiger partial charge on any atom is 0.254 e. The van der Waals surface area contributed by atoms with Crippen molar-refractivity contribution in [1.82, 2.24) is 19.6 Å². The molecule has 3 aromatic rings. The lowest BCUT2D eigenvalue weighted by Crippen LogP contribution is -2.46. The average Bonchev–Trinajstić information content (AvgIpc) is 3.15. The van der Waals surface area contributed by atoms with Crippen LogP contribution in [-0.4, -0.2) is 51.7 Å². The summed E-state index contributed by atoms with van der Waals surface area (Å²) in [5, 5.41) is 15.8. The van der Waals surface area contributed by atoms with Gasteiger partial charge >= 0.3 is 0 Å². The third kappa shape index (κ3) is 5.62. The number of aryl methyl sites for hydroxylation is 2. The first kappa shape index (κ1) is 23.9. The molecule has 0 aliphatic carbocycles. The molecule has 3 heterocycles. The van der Waals surface area contributed by atoms with E-state index < -0.39 is 0 Å². The van der Waals surface area contributed by atoms with Crippen LogP contribution in [0.2, 0.25) is 0 Å². The number of aromatic nitrogens is 3. The molecule has 8 heteroatoms. The summed E-state index contributed by atoms with van der Waals surface area (Å²) in [6.45, 7) is 4.16. The van der Waals surface area contributed by atoms with Gasteiger partial charge in [-0.15, -0.1) is 0 Å². The van der Waals surface area contributed by atoms with Gasteiger partial charge in [0.2, 0.25) is 0 Å². The van der Waals surface area contributed by atoms with E-state index in [2.05, 4.69) is 23.2 Å². The van der Waals surface area contributed by atoms with Gasteiger partial charge in [-0.2, -0.15) is 9.83 Å². The van der Waals surface area contributed by atoms with Gasteiger partial charge in [0.1, 0.15) is 5.82 Å². The molecular weight excluding hydrogens is 433 g/mol. The number of benzene rings is 1. The van der Waals surface area contributed by atoms with Gasteiger partial charge < -0.3 is 10.1 Å². The van der Waals surface area contributed by atoms with Crippen molar-refractivity contribution in [2.45, 2.75) is 38.8 Å². The Morgan fingerprint density at radius 3 is 2.44 bits per heavy atom. The number of likely N-dealkylation sites (tertiary alicyclic amines) is 1. The van der Waals surface area contributed by atoms with Gasteiger partial charge in [0.05, 0.1) is 11.3 Å². The highest BCUT2D eigenvalue weighted by Gasteiger charge is 2.31. The monoisotopic (exact) mass is 465 g/mol. The molecule has 7 nitrogen and oxygen atoms in total. The van der Waals surface area contributed by atoms with E-state index in [9.17, 15) is 14.4 Å². The smallest absolute Gasteiger partial charge is 0.254 e. The van der Waals surface area contributed by atoms with Crippen LogP contribution in [0.1, 0.15) is 40.0 Å². The topological polar surface area (TPSA) is 68.3 Å². The number of amides is 1. The Kier molecular flexibility index (Phi) is 7.26. The number of nitrogens with zero attached hydrogens (tertiary/aromatic N) is 5. The summed E-state index contributed by atoms with van der Waals surface area (Å²) < 4.78 is 16.0. The van der Waals surface area contributed by atoms with Crippen molar-refractivity contribution in [3.63, 3.8) is 0 Å². The molecule has 1 fully saturated rings. The third-order valence-corrected chi connectivity index (χ3v) is 6.88. The summed E-state index contributed by atoms with van der Waals surface area (Å²) in [5.74, 6) is 0.138. The molecule has 0 radical (unpaired) electrons. The number of halogens is 1. The SMILES string of the molecule is Cc1nn(C)cc1CN(C)[C@@H](Cc1ccc(F)cc1)C1CCN(C(=O)c2cc[n+]([O-])cc2)CC1. The fourth-order valence-electron chi connectivity index (χ4n) is 4.96. The van der Waals surface area contributed by atoms with Gasteiger partial charge in [-0.1, -0.05) is 12.1 Å². The molecule has 34 heavy (non-hydrogen) atoms. The van der Waals surface area contributed by atoms with Gasteiger partial charge in [0.15, 0.2) is 12.4 Å². The Hall–Kier alpha value is -3.26. The number of likely N-dealkylation sites (N-methyl/N-ethyl adjacent to an activating group) is 1. The molecule has 0 N–H and O–H groups in total. The van der Waals surface area contributed by atoms with Crippen LogP contribution in [-0.2, 0) is 20.0 Å². The van der Waals surface area contributed by atoms with Gasteiger partial charge in [0, 0.05) is 56.6 Å². The zero-order chi connectivity index (χ0) is 24.2. The fraction of sp³-hybridized carbons (Fsp3) is 0.423. The fourth-order valence-corrected chi connectivity index (χ4v) is 4.96. The first-order chi connectivity index (χ1) is 16.3. The van der Waals surface area contributed by atoms with E-state index in [-0.39, 0.29) is 17.8 Å². The van der Waals surface area contributed by atoms with Crippen molar-refractivity contribution in [2.75, 3.05) is 20.1 Å². The van der Waals surface area contributed by atoms with E-state index in [1.807, 2.05) is 35.7 Å². The number of carbonyl (C=O) groups is 1.